The van der Waals surface area contributed by atoms with E-state index in [2.05, 4.69) is 5.32 Å². The van der Waals surface area contributed by atoms with Gasteiger partial charge in [-0.05, 0) is 31.0 Å². The van der Waals surface area contributed by atoms with Crippen LogP contribution in [0.1, 0.15) is 23.2 Å². The summed E-state index contributed by atoms with van der Waals surface area (Å²) >= 11 is 0. The summed E-state index contributed by atoms with van der Waals surface area (Å²) in [6, 6.07) is 5.14. The molecule has 3 rings (SSSR count). The number of piperidine rings is 1. The molecule has 1 saturated heterocycles. The number of likely N-dealkylation sites (tertiary alicyclic amines) is 1. The van der Waals surface area contributed by atoms with Crippen molar-refractivity contribution in [3.05, 3.63) is 23.8 Å². The van der Waals surface area contributed by atoms with Crippen molar-refractivity contribution in [1.82, 2.24) is 4.90 Å². The molecule has 1 aromatic rings. The van der Waals surface area contributed by atoms with Crippen molar-refractivity contribution in [2.75, 3.05) is 25.0 Å². The molecule has 6 nitrogen and oxygen atoms in total. The lowest BCUT2D eigenvalue weighted by Gasteiger charge is -2.31. The van der Waals surface area contributed by atoms with E-state index >= 15 is 0 Å². The summed E-state index contributed by atoms with van der Waals surface area (Å²) in [5.41, 5.74) is 7.07. The third kappa shape index (κ3) is 2.46. The number of hydrogen-bond donors (Lipinski definition) is 2. The average Bonchev–Trinajstić information content (AvgIpc) is 2.46. The number of amides is 2. The van der Waals surface area contributed by atoms with Crippen molar-refractivity contribution in [2.24, 2.45) is 5.73 Å². The second-order valence-corrected chi connectivity index (χ2v) is 5.20. The minimum atomic E-state index is -0.182. The van der Waals surface area contributed by atoms with Gasteiger partial charge in [-0.1, -0.05) is 0 Å². The van der Waals surface area contributed by atoms with Crippen molar-refractivity contribution in [1.29, 1.82) is 0 Å². The minimum Gasteiger partial charge on any atom is -0.482 e. The first-order valence-corrected chi connectivity index (χ1v) is 6.75. The van der Waals surface area contributed by atoms with Gasteiger partial charge < -0.3 is 20.7 Å². The van der Waals surface area contributed by atoms with E-state index in [4.69, 9.17) is 10.5 Å². The second-order valence-electron chi connectivity index (χ2n) is 5.20. The Bertz CT molecular complexity index is 559. The molecule has 6 heteroatoms. The number of benzene rings is 1. The highest BCUT2D eigenvalue weighted by molar-refractivity contribution is 5.99. The Kier molecular flexibility index (Phi) is 3.31. The van der Waals surface area contributed by atoms with Gasteiger partial charge in [-0.25, -0.2) is 0 Å². The Morgan fingerprint density at radius 2 is 2.30 bits per heavy atom. The lowest BCUT2D eigenvalue weighted by Crippen LogP contribution is -2.45. The number of carbonyl (C=O) groups is 2. The van der Waals surface area contributed by atoms with Crippen molar-refractivity contribution < 1.29 is 14.3 Å². The lowest BCUT2D eigenvalue weighted by molar-refractivity contribution is -0.118. The van der Waals surface area contributed by atoms with E-state index in [0.717, 1.165) is 19.4 Å². The van der Waals surface area contributed by atoms with Crippen LogP contribution in [-0.4, -0.2) is 42.5 Å². The molecule has 0 bridgehead atoms. The van der Waals surface area contributed by atoms with Crippen LogP contribution in [0.2, 0.25) is 0 Å². The van der Waals surface area contributed by atoms with Gasteiger partial charge in [0, 0.05) is 24.7 Å². The molecule has 3 N–H and O–H groups in total. The lowest BCUT2D eigenvalue weighted by atomic mass is 10.0. The van der Waals surface area contributed by atoms with Crippen molar-refractivity contribution >= 4 is 17.5 Å². The summed E-state index contributed by atoms with van der Waals surface area (Å²) in [6.07, 6.45) is 1.90. The molecular formula is C14H17N3O3. The first kappa shape index (κ1) is 12.9. The van der Waals surface area contributed by atoms with Crippen LogP contribution in [0.5, 0.6) is 5.75 Å². The van der Waals surface area contributed by atoms with Crippen LogP contribution in [0.3, 0.4) is 0 Å². The van der Waals surface area contributed by atoms with Gasteiger partial charge >= 0.3 is 0 Å². The number of hydrogen-bond acceptors (Lipinski definition) is 4. The fourth-order valence-electron chi connectivity index (χ4n) is 2.58. The summed E-state index contributed by atoms with van der Waals surface area (Å²) in [4.78, 5) is 25.4. The number of nitrogens with one attached hydrogen (secondary N) is 1. The second kappa shape index (κ2) is 5.13. The zero-order valence-electron chi connectivity index (χ0n) is 11.1. The quantitative estimate of drug-likeness (QED) is 0.785. The molecule has 0 radical (unpaired) electrons. The highest BCUT2D eigenvalue weighted by Crippen LogP contribution is 2.29. The van der Waals surface area contributed by atoms with Crippen LogP contribution in [0.4, 0.5) is 5.69 Å². The summed E-state index contributed by atoms with van der Waals surface area (Å²) in [7, 11) is 0. The number of carbonyl (C=O) groups excluding carboxylic acids is 2. The monoisotopic (exact) mass is 275 g/mol. The summed E-state index contributed by atoms with van der Waals surface area (Å²) in [5, 5.41) is 2.70. The summed E-state index contributed by atoms with van der Waals surface area (Å²) in [6.45, 7) is 1.31. The molecule has 1 aromatic carbocycles. The molecule has 0 spiro atoms. The number of rotatable bonds is 1. The Morgan fingerprint density at radius 1 is 1.45 bits per heavy atom. The van der Waals surface area contributed by atoms with Crippen LogP contribution < -0.4 is 15.8 Å². The molecule has 1 atom stereocenters. The van der Waals surface area contributed by atoms with Gasteiger partial charge in [0.05, 0.1) is 5.69 Å². The van der Waals surface area contributed by atoms with Crippen molar-refractivity contribution in [3.63, 3.8) is 0 Å². The van der Waals surface area contributed by atoms with Crippen molar-refractivity contribution in [3.8, 4) is 5.75 Å². The summed E-state index contributed by atoms with van der Waals surface area (Å²) in [5.74, 6) is 0.318. The van der Waals surface area contributed by atoms with Crippen molar-refractivity contribution in [2.45, 2.75) is 18.9 Å². The third-order valence-electron chi connectivity index (χ3n) is 3.61. The maximum atomic E-state index is 12.4. The smallest absolute Gasteiger partial charge is 0.262 e. The zero-order chi connectivity index (χ0) is 14.1. The van der Waals surface area contributed by atoms with Gasteiger partial charge in [-0.3, -0.25) is 9.59 Å². The Balaban J connectivity index is 1.80. The molecule has 2 aliphatic rings. The SMILES string of the molecule is NC1CCCN(C(=O)c2ccc3c(c2)OCC(=O)N3)C1. The standard InChI is InChI=1S/C14H17N3O3/c15-10-2-1-5-17(7-10)14(19)9-3-4-11-12(6-9)20-8-13(18)16-11/h3-4,6,10H,1-2,5,7-8,15H2,(H,16,18). The fourth-order valence-corrected chi connectivity index (χ4v) is 2.58. The maximum Gasteiger partial charge on any atom is 0.262 e. The Morgan fingerprint density at radius 3 is 3.10 bits per heavy atom. The first-order valence-electron chi connectivity index (χ1n) is 6.75. The van der Waals surface area contributed by atoms with E-state index in [-0.39, 0.29) is 24.5 Å². The van der Waals surface area contributed by atoms with Gasteiger partial charge in [0.25, 0.3) is 11.8 Å². The number of ether oxygens (including phenoxy) is 1. The number of fused-ring (bicyclic) bond motifs is 1. The highest BCUT2D eigenvalue weighted by atomic mass is 16.5. The Hall–Kier alpha value is -2.08. The van der Waals surface area contributed by atoms with E-state index in [1.165, 1.54) is 0 Å². The summed E-state index contributed by atoms with van der Waals surface area (Å²) < 4.78 is 5.33. The molecule has 2 amide bonds. The highest BCUT2D eigenvalue weighted by Gasteiger charge is 2.24. The molecule has 1 unspecified atom stereocenters. The van der Waals surface area contributed by atoms with Gasteiger partial charge in [-0.2, -0.15) is 0 Å². The maximum absolute atomic E-state index is 12.4. The molecule has 2 heterocycles. The van der Waals surface area contributed by atoms with Crippen LogP contribution >= 0.6 is 0 Å². The predicted octanol–water partition coefficient (Wildman–Crippen LogP) is 0.581. The molecule has 0 saturated carbocycles. The molecule has 0 aromatic heterocycles. The molecular weight excluding hydrogens is 258 g/mol. The van der Waals surface area contributed by atoms with E-state index < -0.39 is 0 Å². The third-order valence-corrected chi connectivity index (χ3v) is 3.61. The van der Waals surface area contributed by atoms with E-state index in [1.807, 2.05) is 0 Å². The van der Waals surface area contributed by atoms with E-state index in [0.29, 0.717) is 23.5 Å². The minimum absolute atomic E-state index is 0.0147. The van der Waals surface area contributed by atoms with E-state index in [1.54, 1.807) is 23.1 Å². The zero-order valence-corrected chi connectivity index (χ0v) is 11.1. The van der Waals surface area contributed by atoms with Crippen LogP contribution in [0, 0.1) is 0 Å². The van der Waals surface area contributed by atoms with E-state index in [9.17, 15) is 9.59 Å². The van der Waals surface area contributed by atoms with Crippen LogP contribution in [0.15, 0.2) is 18.2 Å². The topological polar surface area (TPSA) is 84.7 Å². The van der Waals surface area contributed by atoms with Gasteiger partial charge in [0.15, 0.2) is 6.61 Å². The first-order chi connectivity index (χ1) is 9.63. The number of nitrogens with zero attached hydrogens (tertiary/aromatic N) is 1. The van der Waals surface area contributed by atoms with Gasteiger partial charge in [-0.15, -0.1) is 0 Å². The number of anilines is 1. The molecule has 2 aliphatic heterocycles. The van der Waals surface area contributed by atoms with Crippen LogP contribution in [0.25, 0.3) is 0 Å². The fraction of sp³-hybridized carbons (Fsp3) is 0.429. The predicted molar refractivity (Wildman–Crippen MR) is 73.7 cm³/mol. The Labute approximate surface area is 116 Å². The van der Waals surface area contributed by atoms with Gasteiger partial charge in [0.1, 0.15) is 5.75 Å². The molecule has 0 aliphatic carbocycles. The average molecular weight is 275 g/mol. The normalized spacial score (nSPS) is 21.8. The van der Waals surface area contributed by atoms with Crippen LogP contribution in [-0.2, 0) is 4.79 Å². The number of nitrogens with two attached hydrogens (primary N) is 1. The van der Waals surface area contributed by atoms with Gasteiger partial charge in [0.2, 0.25) is 0 Å². The largest absolute Gasteiger partial charge is 0.482 e. The molecule has 1 fully saturated rings. The molecule has 20 heavy (non-hydrogen) atoms. The molecule has 106 valence electrons.